The fourth-order valence-corrected chi connectivity index (χ4v) is 5.82. The number of rotatable bonds is 34. The molecule has 0 aliphatic rings. The molecule has 250 valence electrons. The van der Waals surface area contributed by atoms with Crippen LogP contribution in [-0.4, -0.2) is 34.9 Å². The van der Waals surface area contributed by atoms with Crippen LogP contribution < -0.4 is 5.32 Å². The number of unbranched alkanes of at least 4 members (excludes halogenated alkanes) is 25. The minimum Gasteiger partial charge on any atom is -0.394 e. The summed E-state index contributed by atoms with van der Waals surface area (Å²) in [7, 11) is 0. The Morgan fingerprint density at radius 2 is 0.905 bits per heavy atom. The molecule has 0 spiro atoms. The van der Waals surface area contributed by atoms with Gasteiger partial charge in [-0.2, -0.15) is 0 Å². The van der Waals surface area contributed by atoms with Crippen LogP contribution in [-0.2, 0) is 4.79 Å². The van der Waals surface area contributed by atoms with E-state index in [0.29, 0.717) is 12.8 Å². The van der Waals surface area contributed by atoms with Crippen LogP contribution in [0.5, 0.6) is 0 Å². The minimum absolute atomic E-state index is 0.0399. The maximum absolute atomic E-state index is 12.3. The average molecular weight is 594 g/mol. The third kappa shape index (κ3) is 30.6. The molecule has 0 unspecified atom stereocenters. The highest BCUT2D eigenvalue weighted by atomic mass is 16.3. The van der Waals surface area contributed by atoms with Crippen molar-refractivity contribution in [2.24, 2.45) is 0 Å². The van der Waals surface area contributed by atoms with Crippen molar-refractivity contribution < 1.29 is 15.0 Å². The van der Waals surface area contributed by atoms with E-state index in [4.69, 9.17) is 0 Å². The largest absolute Gasteiger partial charge is 0.394 e. The van der Waals surface area contributed by atoms with Gasteiger partial charge >= 0.3 is 0 Å². The molecule has 3 N–H and O–H groups in total. The number of allylic oxidation sites excluding steroid dienone is 2. The predicted molar refractivity (Wildman–Crippen MR) is 184 cm³/mol. The lowest BCUT2D eigenvalue weighted by Crippen LogP contribution is -2.45. The van der Waals surface area contributed by atoms with Crippen LogP contribution in [0, 0.1) is 0 Å². The van der Waals surface area contributed by atoms with Crippen LogP contribution in [0.15, 0.2) is 12.2 Å². The Bertz CT molecular complexity index is 565. The molecule has 0 aromatic heterocycles. The lowest BCUT2D eigenvalue weighted by Gasteiger charge is -2.22. The summed E-state index contributed by atoms with van der Waals surface area (Å²) >= 11 is 0. The number of carbonyl (C=O) groups is 1. The number of aliphatic hydroxyl groups is 2. The van der Waals surface area contributed by atoms with Gasteiger partial charge in [-0.25, -0.2) is 0 Å². The van der Waals surface area contributed by atoms with Crippen LogP contribution in [0.4, 0.5) is 0 Å². The van der Waals surface area contributed by atoms with Crippen LogP contribution in [0.25, 0.3) is 0 Å². The van der Waals surface area contributed by atoms with Crippen molar-refractivity contribution in [3.63, 3.8) is 0 Å². The van der Waals surface area contributed by atoms with Crippen molar-refractivity contribution in [3.05, 3.63) is 12.2 Å². The van der Waals surface area contributed by atoms with Crippen LogP contribution >= 0.6 is 0 Å². The van der Waals surface area contributed by atoms with Gasteiger partial charge < -0.3 is 15.5 Å². The van der Waals surface area contributed by atoms with E-state index < -0.39 is 12.1 Å². The molecule has 0 fully saturated rings. The van der Waals surface area contributed by atoms with Crippen LogP contribution in [0.1, 0.15) is 206 Å². The van der Waals surface area contributed by atoms with Gasteiger partial charge in [0.1, 0.15) is 0 Å². The molecule has 0 aliphatic carbocycles. The van der Waals surface area contributed by atoms with Gasteiger partial charge in [0.15, 0.2) is 0 Å². The summed E-state index contributed by atoms with van der Waals surface area (Å²) < 4.78 is 0. The summed E-state index contributed by atoms with van der Waals surface area (Å²) in [5.74, 6) is -0.0399. The molecule has 0 saturated heterocycles. The van der Waals surface area contributed by atoms with Gasteiger partial charge in [0.2, 0.25) is 5.91 Å². The van der Waals surface area contributed by atoms with E-state index in [1.165, 1.54) is 154 Å². The Kier molecular flexibility index (Phi) is 33.9. The number of amides is 1. The van der Waals surface area contributed by atoms with Crippen molar-refractivity contribution in [1.82, 2.24) is 5.32 Å². The second-order valence-electron chi connectivity index (χ2n) is 13.0. The van der Waals surface area contributed by atoms with Gasteiger partial charge in [-0.1, -0.05) is 174 Å². The summed E-state index contributed by atoms with van der Waals surface area (Å²) in [5, 5.41) is 23.1. The molecule has 42 heavy (non-hydrogen) atoms. The first-order valence-electron chi connectivity index (χ1n) is 18.9. The lowest BCUT2D eigenvalue weighted by atomic mass is 10.0. The second kappa shape index (κ2) is 34.6. The van der Waals surface area contributed by atoms with E-state index in [-0.39, 0.29) is 12.5 Å². The highest BCUT2D eigenvalue weighted by Gasteiger charge is 2.19. The Balaban J connectivity index is 3.55. The highest BCUT2D eigenvalue weighted by Crippen LogP contribution is 2.15. The van der Waals surface area contributed by atoms with E-state index in [1.807, 2.05) is 0 Å². The maximum Gasteiger partial charge on any atom is 0.220 e. The van der Waals surface area contributed by atoms with E-state index in [9.17, 15) is 15.0 Å². The predicted octanol–water partition coefficient (Wildman–Crippen LogP) is 11.1. The average Bonchev–Trinajstić information content (AvgIpc) is 2.99. The van der Waals surface area contributed by atoms with E-state index >= 15 is 0 Å². The quantitative estimate of drug-likeness (QED) is 0.0513. The normalized spacial score (nSPS) is 13.1. The Morgan fingerprint density at radius 3 is 1.31 bits per heavy atom. The summed E-state index contributed by atoms with van der Waals surface area (Å²) in [4.78, 5) is 12.3. The van der Waals surface area contributed by atoms with Crippen LogP contribution in [0.2, 0.25) is 0 Å². The van der Waals surface area contributed by atoms with Gasteiger partial charge in [-0.15, -0.1) is 0 Å². The van der Waals surface area contributed by atoms with E-state index in [0.717, 1.165) is 25.7 Å². The summed E-state index contributed by atoms with van der Waals surface area (Å²) in [6.45, 7) is 4.34. The zero-order chi connectivity index (χ0) is 30.8. The van der Waals surface area contributed by atoms with Gasteiger partial charge in [-0.3, -0.25) is 4.79 Å². The smallest absolute Gasteiger partial charge is 0.220 e. The number of carbonyl (C=O) groups excluding carboxylic acids is 1. The number of hydrogen-bond acceptors (Lipinski definition) is 3. The topological polar surface area (TPSA) is 69.6 Å². The lowest BCUT2D eigenvalue weighted by molar-refractivity contribution is -0.123. The maximum atomic E-state index is 12.3. The van der Waals surface area contributed by atoms with Gasteiger partial charge in [-0.05, 0) is 38.5 Å². The van der Waals surface area contributed by atoms with Crippen molar-refractivity contribution in [3.8, 4) is 0 Å². The first kappa shape index (κ1) is 41.1. The number of hydrogen-bond donors (Lipinski definition) is 3. The molecular weight excluding hydrogens is 518 g/mol. The molecule has 0 radical (unpaired) electrons. The summed E-state index contributed by atoms with van der Waals surface area (Å²) in [5.41, 5.74) is 0. The van der Waals surface area contributed by atoms with Crippen LogP contribution in [0.3, 0.4) is 0 Å². The molecule has 0 bridgehead atoms. The Hall–Kier alpha value is -0.870. The number of nitrogens with one attached hydrogen (secondary N) is 1. The Labute approximate surface area is 263 Å². The molecule has 1 amide bonds. The van der Waals surface area contributed by atoms with Crippen molar-refractivity contribution >= 4 is 5.91 Å². The van der Waals surface area contributed by atoms with Crippen molar-refractivity contribution in [2.45, 2.75) is 219 Å². The third-order valence-electron chi connectivity index (χ3n) is 8.78. The number of aliphatic hydroxyl groups excluding tert-OH is 2. The molecule has 0 aromatic carbocycles. The summed E-state index contributed by atoms with van der Waals surface area (Å²) in [6.07, 6.45) is 41.2. The molecule has 0 heterocycles. The van der Waals surface area contributed by atoms with Crippen molar-refractivity contribution in [1.29, 1.82) is 0 Å². The van der Waals surface area contributed by atoms with E-state index in [2.05, 4.69) is 31.3 Å². The molecule has 2 atom stereocenters. The molecule has 0 saturated carbocycles. The first-order valence-corrected chi connectivity index (χ1v) is 18.9. The standard InChI is InChI=1S/C38H75NO3/c1-3-5-7-9-11-13-15-17-19-20-21-23-25-27-29-31-33-37(41)36(35-40)39-38(42)34-32-30-28-26-24-22-18-16-14-12-10-8-6-4-2/h16,18,36-37,40-41H,3-15,17,19-35H2,1-2H3,(H,39,42)/b18-16+/t36-,37+/m0/s1. The molecule has 0 rings (SSSR count). The SMILES string of the molecule is CCCCCCC/C=C/CCCCCCCC(=O)N[C@@H](CO)[C@H](O)CCCCCCCCCCCCCCCCCC. The van der Waals surface area contributed by atoms with Gasteiger partial charge in [0.05, 0.1) is 18.8 Å². The molecule has 0 aliphatic heterocycles. The minimum atomic E-state index is -0.657. The molecule has 0 aromatic rings. The second-order valence-corrected chi connectivity index (χ2v) is 13.0. The summed E-state index contributed by atoms with van der Waals surface area (Å²) in [6, 6.07) is -0.535. The third-order valence-corrected chi connectivity index (χ3v) is 8.78. The molecular formula is C38H75NO3. The zero-order valence-electron chi connectivity index (χ0n) is 28.5. The Morgan fingerprint density at radius 1 is 0.548 bits per heavy atom. The zero-order valence-corrected chi connectivity index (χ0v) is 28.5. The fraction of sp³-hybridized carbons (Fsp3) is 0.921. The first-order chi connectivity index (χ1) is 20.7. The van der Waals surface area contributed by atoms with Gasteiger partial charge in [0, 0.05) is 6.42 Å². The van der Waals surface area contributed by atoms with Crippen molar-refractivity contribution in [2.75, 3.05) is 6.61 Å². The fourth-order valence-electron chi connectivity index (χ4n) is 5.82. The molecule has 4 heteroatoms. The highest BCUT2D eigenvalue weighted by molar-refractivity contribution is 5.76. The monoisotopic (exact) mass is 594 g/mol. The molecule has 4 nitrogen and oxygen atoms in total. The van der Waals surface area contributed by atoms with Gasteiger partial charge in [0.25, 0.3) is 0 Å². The van der Waals surface area contributed by atoms with E-state index in [1.54, 1.807) is 0 Å².